The predicted molar refractivity (Wildman–Crippen MR) is 79.6 cm³/mol. The highest BCUT2D eigenvalue weighted by Crippen LogP contribution is 2.42. The summed E-state index contributed by atoms with van der Waals surface area (Å²) in [5.41, 5.74) is -1.16. The summed E-state index contributed by atoms with van der Waals surface area (Å²) < 4.78 is 38.7. The zero-order valence-electron chi connectivity index (χ0n) is 13.0. The molecule has 1 aliphatic carbocycles. The fourth-order valence-electron chi connectivity index (χ4n) is 2.59. The molecule has 126 valence electrons. The summed E-state index contributed by atoms with van der Waals surface area (Å²) in [6, 6.07) is 4.82. The van der Waals surface area contributed by atoms with Crippen molar-refractivity contribution in [2.75, 3.05) is 18.4 Å². The first-order valence-electron chi connectivity index (χ1n) is 7.55. The summed E-state index contributed by atoms with van der Waals surface area (Å²) in [4.78, 5) is 25.9. The maximum Gasteiger partial charge on any atom is 0.418 e. The number of hydrogen-bond acceptors (Lipinski definition) is 2. The van der Waals surface area contributed by atoms with E-state index in [4.69, 9.17) is 0 Å². The lowest BCUT2D eigenvalue weighted by Crippen LogP contribution is -2.33. The van der Waals surface area contributed by atoms with Crippen molar-refractivity contribution in [1.82, 2.24) is 4.90 Å². The number of para-hydroxylation sites is 1. The van der Waals surface area contributed by atoms with Crippen molar-refractivity contribution in [3.8, 4) is 0 Å². The summed E-state index contributed by atoms with van der Waals surface area (Å²) in [6.45, 7) is 4.80. The molecule has 1 aromatic rings. The minimum atomic E-state index is -4.54. The third-order valence-electron chi connectivity index (χ3n) is 4.01. The summed E-state index contributed by atoms with van der Waals surface area (Å²) in [5, 5.41) is 2.31. The van der Waals surface area contributed by atoms with E-state index in [1.807, 2.05) is 13.8 Å². The van der Waals surface area contributed by atoms with Gasteiger partial charge in [0.05, 0.1) is 23.1 Å². The van der Waals surface area contributed by atoms with E-state index in [1.165, 1.54) is 18.2 Å². The Balaban J connectivity index is 2.04. The van der Waals surface area contributed by atoms with Crippen molar-refractivity contribution in [3.63, 3.8) is 0 Å². The number of rotatable bonds is 5. The van der Waals surface area contributed by atoms with E-state index in [-0.39, 0.29) is 11.6 Å². The second-order valence-corrected chi connectivity index (χ2v) is 5.49. The van der Waals surface area contributed by atoms with Crippen molar-refractivity contribution in [3.05, 3.63) is 29.8 Å². The summed E-state index contributed by atoms with van der Waals surface area (Å²) in [5.74, 6) is -1.62. The highest BCUT2D eigenvalue weighted by Gasteiger charge is 2.49. The minimum absolute atomic E-state index is 0.112. The Labute approximate surface area is 132 Å². The summed E-state index contributed by atoms with van der Waals surface area (Å²) in [6.07, 6.45) is -4.15. The first-order chi connectivity index (χ1) is 10.8. The Morgan fingerprint density at radius 3 is 2.35 bits per heavy atom. The van der Waals surface area contributed by atoms with Gasteiger partial charge in [0.15, 0.2) is 0 Å². The Morgan fingerprint density at radius 2 is 1.78 bits per heavy atom. The molecule has 4 nitrogen and oxygen atoms in total. The van der Waals surface area contributed by atoms with Crippen LogP contribution in [-0.4, -0.2) is 29.8 Å². The third kappa shape index (κ3) is 3.83. The van der Waals surface area contributed by atoms with Crippen LogP contribution in [0.25, 0.3) is 0 Å². The summed E-state index contributed by atoms with van der Waals surface area (Å²) in [7, 11) is 0. The van der Waals surface area contributed by atoms with E-state index in [2.05, 4.69) is 5.32 Å². The van der Waals surface area contributed by atoms with Crippen LogP contribution in [0.4, 0.5) is 18.9 Å². The topological polar surface area (TPSA) is 49.4 Å². The lowest BCUT2D eigenvalue weighted by atomic mass is 10.1. The second-order valence-electron chi connectivity index (χ2n) is 5.49. The van der Waals surface area contributed by atoms with Gasteiger partial charge in [-0.25, -0.2) is 0 Å². The normalized spacial score (nSPS) is 20.0. The number of nitrogens with zero attached hydrogens (tertiary/aromatic N) is 1. The largest absolute Gasteiger partial charge is 0.418 e. The van der Waals surface area contributed by atoms with Crippen LogP contribution in [0.2, 0.25) is 0 Å². The van der Waals surface area contributed by atoms with Crippen molar-refractivity contribution < 1.29 is 22.8 Å². The van der Waals surface area contributed by atoms with Gasteiger partial charge in [0.25, 0.3) is 0 Å². The van der Waals surface area contributed by atoms with Crippen molar-refractivity contribution in [2.24, 2.45) is 11.8 Å². The van der Waals surface area contributed by atoms with Gasteiger partial charge in [0.2, 0.25) is 11.8 Å². The molecule has 1 aromatic carbocycles. The van der Waals surface area contributed by atoms with Crippen LogP contribution >= 0.6 is 0 Å². The van der Waals surface area contributed by atoms with Crippen LogP contribution in [0.3, 0.4) is 0 Å². The van der Waals surface area contributed by atoms with E-state index in [9.17, 15) is 22.8 Å². The van der Waals surface area contributed by atoms with Crippen molar-refractivity contribution in [2.45, 2.75) is 26.4 Å². The van der Waals surface area contributed by atoms with Crippen LogP contribution in [0.1, 0.15) is 25.8 Å². The van der Waals surface area contributed by atoms with Gasteiger partial charge in [-0.3, -0.25) is 9.59 Å². The second kappa shape index (κ2) is 6.60. The number of benzene rings is 1. The van der Waals surface area contributed by atoms with Gasteiger partial charge < -0.3 is 10.2 Å². The number of halogens is 3. The number of nitrogens with one attached hydrogen (secondary N) is 1. The Morgan fingerprint density at radius 1 is 1.17 bits per heavy atom. The maximum absolute atomic E-state index is 12.9. The highest BCUT2D eigenvalue weighted by molar-refractivity contribution is 6.00. The molecule has 1 fully saturated rings. The highest BCUT2D eigenvalue weighted by atomic mass is 19.4. The molecule has 2 amide bonds. The molecular weight excluding hydrogens is 309 g/mol. The van der Waals surface area contributed by atoms with Gasteiger partial charge >= 0.3 is 6.18 Å². The molecule has 7 heteroatoms. The average molecular weight is 328 g/mol. The molecule has 0 heterocycles. The Bertz CT molecular complexity index is 597. The number of anilines is 1. The van der Waals surface area contributed by atoms with Gasteiger partial charge in [-0.15, -0.1) is 0 Å². The first kappa shape index (κ1) is 17.3. The summed E-state index contributed by atoms with van der Waals surface area (Å²) >= 11 is 0. The van der Waals surface area contributed by atoms with Crippen LogP contribution in [0.15, 0.2) is 24.3 Å². The molecule has 1 N–H and O–H groups in total. The monoisotopic (exact) mass is 328 g/mol. The average Bonchev–Trinajstić information content (AvgIpc) is 3.28. The van der Waals surface area contributed by atoms with Crippen molar-refractivity contribution in [1.29, 1.82) is 0 Å². The molecular formula is C16H19F3N2O2. The maximum atomic E-state index is 12.9. The van der Waals surface area contributed by atoms with Crippen molar-refractivity contribution >= 4 is 17.5 Å². The van der Waals surface area contributed by atoms with Gasteiger partial charge in [-0.1, -0.05) is 12.1 Å². The van der Waals surface area contributed by atoms with E-state index >= 15 is 0 Å². The van der Waals surface area contributed by atoms with Gasteiger partial charge in [-0.2, -0.15) is 13.2 Å². The van der Waals surface area contributed by atoms with Crippen LogP contribution in [0, 0.1) is 11.8 Å². The van der Waals surface area contributed by atoms with E-state index in [1.54, 1.807) is 4.90 Å². The molecule has 0 saturated heterocycles. The zero-order valence-corrected chi connectivity index (χ0v) is 13.0. The minimum Gasteiger partial charge on any atom is -0.343 e. The van der Waals surface area contributed by atoms with E-state index in [0.717, 1.165) is 6.07 Å². The molecule has 2 unspecified atom stereocenters. The molecule has 1 aliphatic rings. The smallest absolute Gasteiger partial charge is 0.343 e. The molecule has 1 saturated carbocycles. The molecule has 2 rings (SSSR count). The number of hydrogen-bond donors (Lipinski definition) is 1. The molecule has 0 bridgehead atoms. The van der Waals surface area contributed by atoms with Crippen LogP contribution in [0.5, 0.6) is 0 Å². The SMILES string of the molecule is CCN(CC)C(=O)C1CC1C(=O)Nc1ccccc1C(F)(F)F. The van der Waals surface area contributed by atoms with Gasteiger partial charge in [-0.05, 0) is 32.4 Å². The lowest BCUT2D eigenvalue weighted by molar-refractivity contribution is -0.137. The predicted octanol–water partition coefficient (Wildman–Crippen LogP) is 3.15. The molecule has 0 aliphatic heterocycles. The quantitative estimate of drug-likeness (QED) is 0.903. The first-order valence-corrected chi connectivity index (χ1v) is 7.55. The third-order valence-corrected chi connectivity index (χ3v) is 4.01. The molecule has 0 aromatic heterocycles. The molecule has 23 heavy (non-hydrogen) atoms. The van der Waals surface area contributed by atoms with Gasteiger partial charge in [0.1, 0.15) is 0 Å². The zero-order chi connectivity index (χ0) is 17.2. The number of carbonyl (C=O) groups excluding carboxylic acids is 2. The van der Waals surface area contributed by atoms with Gasteiger partial charge in [0, 0.05) is 13.1 Å². The molecule has 0 spiro atoms. The number of amides is 2. The van der Waals surface area contributed by atoms with E-state index in [0.29, 0.717) is 19.5 Å². The van der Waals surface area contributed by atoms with Crippen LogP contribution in [-0.2, 0) is 15.8 Å². The molecule has 0 radical (unpaired) electrons. The van der Waals surface area contributed by atoms with Crippen LogP contribution < -0.4 is 5.32 Å². The fraction of sp³-hybridized carbons (Fsp3) is 0.500. The van der Waals surface area contributed by atoms with E-state index < -0.39 is 29.5 Å². The Kier molecular flexibility index (Phi) is 4.97. The lowest BCUT2D eigenvalue weighted by Gasteiger charge is -2.18. The fourth-order valence-corrected chi connectivity index (χ4v) is 2.59. The number of alkyl halides is 3. The standard InChI is InChI=1S/C16H19F3N2O2/c1-3-21(4-2)15(23)11-9-10(11)14(22)20-13-8-6-5-7-12(13)16(17,18)19/h5-8,10-11H,3-4,9H2,1-2H3,(H,20,22). The Hall–Kier alpha value is -2.05. The molecule has 2 atom stereocenters. The number of carbonyl (C=O) groups is 2.